The number of carbonyl (C=O) groups is 2. The number of anilines is 1. The quantitative estimate of drug-likeness (QED) is 0.678. The van der Waals surface area contributed by atoms with Gasteiger partial charge in [-0.25, -0.2) is 0 Å². The van der Waals surface area contributed by atoms with Crippen LogP contribution in [0.25, 0.3) is 0 Å². The summed E-state index contributed by atoms with van der Waals surface area (Å²) in [6.45, 7) is 0.449. The maximum absolute atomic E-state index is 12.5. The Kier molecular flexibility index (Phi) is 3.35. The van der Waals surface area contributed by atoms with Crippen LogP contribution < -0.4 is 4.90 Å². The SMILES string of the molecule is O=C(CC1(C(=O)O)CCC1)N1CCc2ccc([N+](=O)[O-])cc21. The summed E-state index contributed by atoms with van der Waals surface area (Å²) in [4.78, 5) is 35.8. The molecule has 1 aliphatic carbocycles. The Morgan fingerprint density at radius 1 is 1.36 bits per heavy atom. The Hall–Kier alpha value is -2.44. The predicted octanol–water partition coefficient (Wildman–Crippen LogP) is 2.13. The van der Waals surface area contributed by atoms with Crippen molar-refractivity contribution in [3.63, 3.8) is 0 Å². The van der Waals surface area contributed by atoms with Gasteiger partial charge < -0.3 is 10.0 Å². The largest absolute Gasteiger partial charge is 0.481 e. The van der Waals surface area contributed by atoms with Gasteiger partial charge in [-0.1, -0.05) is 12.5 Å². The molecule has 1 amide bonds. The standard InChI is InChI=1S/C15H16N2O5/c18-13(9-15(14(19)20)5-1-6-15)16-7-4-10-2-3-11(17(21)22)8-12(10)16/h2-3,8H,1,4-7,9H2,(H,19,20). The zero-order chi connectivity index (χ0) is 15.9. The molecule has 1 N–H and O–H groups in total. The number of hydrogen-bond acceptors (Lipinski definition) is 4. The number of carboxylic acid groups (broad SMARTS) is 1. The first-order valence-electron chi connectivity index (χ1n) is 7.24. The number of fused-ring (bicyclic) bond motifs is 1. The van der Waals surface area contributed by atoms with Crippen molar-refractivity contribution in [2.75, 3.05) is 11.4 Å². The molecule has 7 nitrogen and oxygen atoms in total. The third kappa shape index (κ3) is 2.22. The Morgan fingerprint density at radius 2 is 2.09 bits per heavy atom. The van der Waals surface area contributed by atoms with Gasteiger partial charge in [0, 0.05) is 25.1 Å². The lowest BCUT2D eigenvalue weighted by molar-refractivity contribution is -0.384. The summed E-state index contributed by atoms with van der Waals surface area (Å²) in [6.07, 6.45) is 2.46. The molecule has 1 fully saturated rings. The molecule has 3 rings (SSSR count). The summed E-state index contributed by atoms with van der Waals surface area (Å²) in [5, 5.41) is 20.2. The van der Waals surface area contributed by atoms with Crippen molar-refractivity contribution in [2.24, 2.45) is 5.41 Å². The molecule has 0 spiro atoms. The number of nitro groups is 1. The van der Waals surface area contributed by atoms with Crippen molar-refractivity contribution in [3.05, 3.63) is 33.9 Å². The van der Waals surface area contributed by atoms with E-state index in [2.05, 4.69) is 0 Å². The third-order valence-electron chi connectivity index (χ3n) is 4.73. The van der Waals surface area contributed by atoms with Gasteiger partial charge in [-0.3, -0.25) is 19.7 Å². The van der Waals surface area contributed by atoms with E-state index in [9.17, 15) is 24.8 Å². The molecule has 1 aromatic rings. The van der Waals surface area contributed by atoms with E-state index in [1.165, 1.54) is 17.0 Å². The molecule has 0 unspecified atom stereocenters. The molecule has 1 saturated carbocycles. The zero-order valence-electron chi connectivity index (χ0n) is 11.9. The van der Waals surface area contributed by atoms with Gasteiger partial charge in [-0.2, -0.15) is 0 Å². The number of nitrogens with zero attached hydrogens (tertiary/aromatic N) is 2. The first-order valence-corrected chi connectivity index (χ1v) is 7.24. The number of carbonyl (C=O) groups excluding carboxylic acids is 1. The van der Waals surface area contributed by atoms with Crippen LogP contribution in [-0.4, -0.2) is 28.5 Å². The first kappa shape index (κ1) is 14.5. The highest BCUT2D eigenvalue weighted by Crippen LogP contribution is 2.45. The van der Waals surface area contributed by atoms with Crippen LogP contribution in [-0.2, 0) is 16.0 Å². The molecule has 7 heteroatoms. The number of carboxylic acids is 1. The molecular formula is C15H16N2O5. The Morgan fingerprint density at radius 3 is 2.64 bits per heavy atom. The maximum Gasteiger partial charge on any atom is 0.310 e. The lowest BCUT2D eigenvalue weighted by atomic mass is 9.66. The highest BCUT2D eigenvalue weighted by Gasteiger charge is 2.47. The van der Waals surface area contributed by atoms with Crippen molar-refractivity contribution in [2.45, 2.75) is 32.1 Å². The van der Waals surface area contributed by atoms with E-state index in [-0.39, 0.29) is 18.0 Å². The maximum atomic E-state index is 12.5. The second-order valence-electron chi connectivity index (χ2n) is 5.98. The normalized spacial score (nSPS) is 18.5. The van der Waals surface area contributed by atoms with Crippen LogP contribution in [0.4, 0.5) is 11.4 Å². The van der Waals surface area contributed by atoms with Gasteiger partial charge in [0.1, 0.15) is 0 Å². The van der Waals surface area contributed by atoms with Gasteiger partial charge in [0.2, 0.25) is 5.91 Å². The second kappa shape index (κ2) is 5.08. The minimum absolute atomic E-state index is 0.0372. The fourth-order valence-corrected chi connectivity index (χ4v) is 3.19. The Balaban J connectivity index is 1.83. The van der Waals surface area contributed by atoms with Crippen LogP contribution in [0.2, 0.25) is 0 Å². The van der Waals surface area contributed by atoms with E-state index >= 15 is 0 Å². The summed E-state index contributed by atoms with van der Waals surface area (Å²) in [5.41, 5.74) is 0.423. The van der Waals surface area contributed by atoms with E-state index in [1.807, 2.05) is 0 Å². The molecule has 2 aliphatic rings. The van der Waals surface area contributed by atoms with E-state index in [4.69, 9.17) is 0 Å². The second-order valence-corrected chi connectivity index (χ2v) is 5.98. The van der Waals surface area contributed by atoms with E-state index in [0.29, 0.717) is 31.5 Å². The summed E-state index contributed by atoms with van der Waals surface area (Å²) in [6, 6.07) is 4.49. The molecule has 0 radical (unpaired) electrons. The number of rotatable bonds is 4. The third-order valence-corrected chi connectivity index (χ3v) is 4.73. The van der Waals surface area contributed by atoms with Crippen molar-refractivity contribution < 1.29 is 19.6 Å². The minimum Gasteiger partial charge on any atom is -0.481 e. The average Bonchev–Trinajstić information content (AvgIpc) is 2.85. The van der Waals surface area contributed by atoms with Crippen LogP contribution in [0.1, 0.15) is 31.2 Å². The van der Waals surface area contributed by atoms with Gasteiger partial charge in [-0.15, -0.1) is 0 Å². The lowest BCUT2D eigenvalue weighted by Crippen LogP contribution is -2.43. The van der Waals surface area contributed by atoms with E-state index in [1.54, 1.807) is 6.07 Å². The molecular weight excluding hydrogens is 288 g/mol. The molecule has 0 saturated heterocycles. The van der Waals surface area contributed by atoms with Crippen LogP contribution in [0.5, 0.6) is 0 Å². The number of aliphatic carboxylic acids is 1. The highest BCUT2D eigenvalue weighted by atomic mass is 16.6. The number of benzene rings is 1. The van der Waals surface area contributed by atoms with Gasteiger partial charge in [-0.05, 0) is 24.8 Å². The molecule has 22 heavy (non-hydrogen) atoms. The zero-order valence-corrected chi connectivity index (χ0v) is 11.9. The van der Waals surface area contributed by atoms with Crippen molar-refractivity contribution in [3.8, 4) is 0 Å². The van der Waals surface area contributed by atoms with E-state index in [0.717, 1.165) is 12.0 Å². The molecule has 1 aliphatic heterocycles. The Bertz CT molecular complexity index is 666. The Labute approximate surface area is 126 Å². The van der Waals surface area contributed by atoms with Crippen LogP contribution in [0.3, 0.4) is 0 Å². The summed E-state index contributed by atoms with van der Waals surface area (Å²) in [7, 11) is 0. The topological polar surface area (TPSA) is 101 Å². The first-order chi connectivity index (χ1) is 10.4. The number of amides is 1. The minimum atomic E-state index is -0.944. The summed E-state index contributed by atoms with van der Waals surface area (Å²) in [5.74, 6) is -1.19. The lowest BCUT2D eigenvalue weighted by Gasteiger charge is -2.38. The summed E-state index contributed by atoms with van der Waals surface area (Å²) < 4.78 is 0. The van der Waals surface area contributed by atoms with E-state index < -0.39 is 16.3 Å². The van der Waals surface area contributed by atoms with Gasteiger partial charge in [0.05, 0.1) is 16.0 Å². The monoisotopic (exact) mass is 304 g/mol. The van der Waals surface area contributed by atoms with Gasteiger partial charge in [0.15, 0.2) is 0 Å². The molecule has 116 valence electrons. The fourth-order valence-electron chi connectivity index (χ4n) is 3.19. The molecule has 0 atom stereocenters. The number of nitro benzene ring substituents is 1. The van der Waals surface area contributed by atoms with Crippen molar-refractivity contribution in [1.29, 1.82) is 0 Å². The summed E-state index contributed by atoms with van der Waals surface area (Å²) >= 11 is 0. The van der Waals surface area contributed by atoms with Gasteiger partial charge >= 0.3 is 5.97 Å². The molecule has 0 aromatic heterocycles. The number of hydrogen-bond donors (Lipinski definition) is 1. The molecule has 1 aromatic carbocycles. The number of non-ortho nitro benzene ring substituents is 1. The predicted molar refractivity (Wildman–Crippen MR) is 77.7 cm³/mol. The van der Waals surface area contributed by atoms with Crippen LogP contribution in [0, 0.1) is 15.5 Å². The van der Waals surface area contributed by atoms with Crippen molar-refractivity contribution >= 4 is 23.3 Å². The highest BCUT2D eigenvalue weighted by molar-refractivity contribution is 5.98. The fraction of sp³-hybridized carbons (Fsp3) is 0.467. The van der Waals surface area contributed by atoms with Gasteiger partial charge in [0.25, 0.3) is 5.69 Å². The average molecular weight is 304 g/mol. The smallest absolute Gasteiger partial charge is 0.310 e. The molecule has 1 heterocycles. The van der Waals surface area contributed by atoms with Crippen LogP contribution in [0.15, 0.2) is 18.2 Å². The van der Waals surface area contributed by atoms with Crippen LogP contribution >= 0.6 is 0 Å². The molecule has 0 bridgehead atoms. The van der Waals surface area contributed by atoms with Crippen molar-refractivity contribution in [1.82, 2.24) is 0 Å².